The molecule has 2 unspecified atom stereocenters. The van der Waals surface area contributed by atoms with Gasteiger partial charge in [0.15, 0.2) is 0 Å². The molecule has 0 aromatic carbocycles. The van der Waals surface area contributed by atoms with Crippen LogP contribution in [0.4, 0.5) is 0 Å². The third-order valence-corrected chi connectivity index (χ3v) is 3.19. The Hall–Kier alpha value is -0.120. The predicted octanol–water partition coefficient (Wildman–Crippen LogP) is 2.35. The zero-order chi connectivity index (χ0) is 14.2. The average molecular weight is 258 g/mol. The maximum absolute atomic E-state index is 9.44. The zero-order valence-electron chi connectivity index (χ0n) is 13.3. The van der Waals surface area contributed by atoms with Crippen LogP contribution in [0.5, 0.6) is 0 Å². The molecule has 0 fully saturated rings. The lowest BCUT2D eigenvalue weighted by Crippen LogP contribution is -2.43. The van der Waals surface area contributed by atoms with E-state index in [-0.39, 0.29) is 6.10 Å². The van der Waals surface area contributed by atoms with Crippen molar-refractivity contribution in [3.63, 3.8) is 0 Å². The van der Waals surface area contributed by atoms with Crippen molar-refractivity contribution < 1.29 is 5.11 Å². The summed E-state index contributed by atoms with van der Waals surface area (Å²) >= 11 is 0. The lowest BCUT2D eigenvalue weighted by atomic mass is 9.84. The Morgan fingerprint density at radius 1 is 1.28 bits per heavy atom. The van der Waals surface area contributed by atoms with Gasteiger partial charge in [0.25, 0.3) is 0 Å². The highest BCUT2D eigenvalue weighted by molar-refractivity contribution is 4.80. The third-order valence-electron chi connectivity index (χ3n) is 3.19. The first-order valence-electron chi connectivity index (χ1n) is 7.36. The second-order valence-electron chi connectivity index (χ2n) is 6.63. The van der Waals surface area contributed by atoms with Crippen LogP contribution in [0.1, 0.15) is 47.5 Å². The van der Waals surface area contributed by atoms with Gasteiger partial charge >= 0.3 is 0 Å². The van der Waals surface area contributed by atoms with Gasteiger partial charge in [-0.15, -0.1) is 0 Å². The molecule has 2 N–H and O–H groups in total. The van der Waals surface area contributed by atoms with Crippen molar-refractivity contribution in [2.75, 3.05) is 33.2 Å². The van der Waals surface area contributed by atoms with Gasteiger partial charge in [0.05, 0.1) is 6.10 Å². The molecule has 0 aromatic rings. The number of hydrogen-bond donors (Lipinski definition) is 2. The van der Waals surface area contributed by atoms with Gasteiger partial charge in [0.1, 0.15) is 0 Å². The van der Waals surface area contributed by atoms with E-state index in [4.69, 9.17) is 0 Å². The van der Waals surface area contributed by atoms with Gasteiger partial charge in [-0.25, -0.2) is 0 Å². The van der Waals surface area contributed by atoms with Crippen LogP contribution in [0.15, 0.2) is 0 Å². The van der Waals surface area contributed by atoms with Gasteiger partial charge in [-0.2, -0.15) is 0 Å². The van der Waals surface area contributed by atoms with E-state index in [0.29, 0.717) is 11.3 Å². The molecule has 0 aromatic heterocycles. The summed E-state index contributed by atoms with van der Waals surface area (Å²) in [6, 6.07) is 0. The number of nitrogens with one attached hydrogen (secondary N) is 1. The van der Waals surface area contributed by atoms with E-state index in [1.807, 2.05) is 6.92 Å². The van der Waals surface area contributed by atoms with E-state index in [2.05, 4.69) is 45.0 Å². The Morgan fingerprint density at radius 3 is 2.33 bits per heavy atom. The molecule has 18 heavy (non-hydrogen) atoms. The lowest BCUT2D eigenvalue weighted by molar-refractivity contribution is 0.106. The highest BCUT2D eigenvalue weighted by Gasteiger charge is 2.25. The number of aliphatic hydroxyl groups excluding tert-OH is 1. The summed E-state index contributed by atoms with van der Waals surface area (Å²) in [7, 11) is 2.10. The van der Waals surface area contributed by atoms with Crippen LogP contribution in [0.25, 0.3) is 0 Å². The molecule has 0 saturated heterocycles. The summed E-state index contributed by atoms with van der Waals surface area (Å²) in [6.07, 6.45) is 2.19. The molecule has 2 atom stereocenters. The minimum atomic E-state index is -0.246. The van der Waals surface area contributed by atoms with Crippen LogP contribution in [0.3, 0.4) is 0 Å². The molecule has 0 aliphatic carbocycles. The van der Waals surface area contributed by atoms with E-state index < -0.39 is 0 Å². The van der Waals surface area contributed by atoms with Crippen molar-refractivity contribution >= 4 is 0 Å². The summed E-state index contributed by atoms with van der Waals surface area (Å²) in [4.78, 5) is 2.25. The maximum Gasteiger partial charge on any atom is 0.0638 e. The fourth-order valence-electron chi connectivity index (χ4n) is 2.66. The molecule has 3 heteroatoms. The second kappa shape index (κ2) is 8.89. The third kappa shape index (κ3) is 8.90. The molecule has 0 amide bonds. The summed E-state index contributed by atoms with van der Waals surface area (Å²) in [5, 5.41) is 13.0. The number of likely N-dealkylation sites (N-methyl/N-ethyl adjacent to an activating group) is 1. The van der Waals surface area contributed by atoms with Crippen LogP contribution in [-0.2, 0) is 0 Å². The van der Waals surface area contributed by atoms with Crippen LogP contribution >= 0.6 is 0 Å². The standard InChI is InChI=1S/C15H34N2O/c1-7-8-15(5,11-16-9-13(2)3)12-17(6)10-14(4)18/h13-14,16,18H,7-12H2,1-6H3. The monoisotopic (exact) mass is 258 g/mol. The van der Waals surface area contributed by atoms with E-state index in [9.17, 15) is 5.11 Å². The summed E-state index contributed by atoms with van der Waals surface area (Å²) in [5.74, 6) is 0.700. The molecular weight excluding hydrogens is 224 g/mol. The molecular formula is C15H34N2O. The van der Waals surface area contributed by atoms with Crippen molar-refractivity contribution in [3.8, 4) is 0 Å². The number of aliphatic hydroxyl groups is 1. The first-order valence-corrected chi connectivity index (χ1v) is 7.36. The second-order valence-corrected chi connectivity index (χ2v) is 6.63. The average Bonchev–Trinajstić information content (AvgIpc) is 2.14. The summed E-state index contributed by atoms with van der Waals surface area (Å²) in [5.41, 5.74) is 0.299. The van der Waals surface area contributed by atoms with Crippen molar-refractivity contribution in [2.45, 2.75) is 53.6 Å². The van der Waals surface area contributed by atoms with Crippen LogP contribution < -0.4 is 5.32 Å². The largest absolute Gasteiger partial charge is 0.392 e. The smallest absolute Gasteiger partial charge is 0.0638 e. The molecule has 0 aliphatic heterocycles. The van der Waals surface area contributed by atoms with Gasteiger partial charge in [0, 0.05) is 19.6 Å². The van der Waals surface area contributed by atoms with Crippen LogP contribution in [-0.4, -0.2) is 49.3 Å². The Morgan fingerprint density at radius 2 is 1.89 bits per heavy atom. The zero-order valence-corrected chi connectivity index (χ0v) is 13.3. The number of hydrogen-bond acceptors (Lipinski definition) is 3. The van der Waals surface area contributed by atoms with Gasteiger partial charge in [-0.05, 0) is 38.3 Å². The highest BCUT2D eigenvalue weighted by Crippen LogP contribution is 2.23. The van der Waals surface area contributed by atoms with Crippen LogP contribution in [0, 0.1) is 11.3 Å². The minimum Gasteiger partial charge on any atom is -0.392 e. The first-order chi connectivity index (χ1) is 8.29. The van der Waals surface area contributed by atoms with Crippen LogP contribution in [0.2, 0.25) is 0 Å². The fourth-order valence-corrected chi connectivity index (χ4v) is 2.66. The fraction of sp³-hybridized carbons (Fsp3) is 1.00. The van der Waals surface area contributed by atoms with E-state index in [1.54, 1.807) is 0 Å². The first kappa shape index (κ1) is 17.9. The molecule has 0 heterocycles. The van der Waals surface area contributed by atoms with Crippen molar-refractivity contribution in [1.82, 2.24) is 10.2 Å². The van der Waals surface area contributed by atoms with Crippen molar-refractivity contribution in [1.29, 1.82) is 0 Å². The molecule has 0 saturated carbocycles. The van der Waals surface area contributed by atoms with Crippen molar-refractivity contribution in [2.24, 2.45) is 11.3 Å². The SMILES string of the molecule is CCCC(C)(CNCC(C)C)CN(C)CC(C)O. The Balaban J connectivity index is 4.22. The lowest BCUT2D eigenvalue weighted by Gasteiger charge is -2.35. The predicted molar refractivity (Wildman–Crippen MR) is 79.9 cm³/mol. The highest BCUT2D eigenvalue weighted by atomic mass is 16.3. The van der Waals surface area contributed by atoms with E-state index >= 15 is 0 Å². The summed E-state index contributed by atoms with van der Waals surface area (Å²) < 4.78 is 0. The summed E-state index contributed by atoms with van der Waals surface area (Å²) in [6.45, 7) is 14.9. The minimum absolute atomic E-state index is 0.246. The Kier molecular flexibility index (Phi) is 8.83. The normalized spacial score (nSPS) is 17.2. The molecule has 0 aliphatic rings. The van der Waals surface area contributed by atoms with Crippen molar-refractivity contribution in [3.05, 3.63) is 0 Å². The molecule has 0 radical (unpaired) electrons. The molecule has 110 valence electrons. The Bertz CT molecular complexity index is 207. The molecule has 0 rings (SSSR count). The number of nitrogens with zero attached hydrogens (tertiary/aromatic N) is 1. The van der Waals surface area contributed by atoms with Gasteiger partial charge in [-0.1, -0.05) is 34.1 Å². The number of rotatable bonds is 10. The molecule has 0 spiro atoms. The molecule has 3 nitrogen and oxygen atoms in total. The quantitative estimate of drug-likeness (QED) is 0.631. The van der Waals surface area contributed by atoms with Gasteiger partial charge in [0.2, 0.25) is 0 Å². The van der Waals surface area contributed by atoms with Gasteiger partial charge < -0.3 is 15.3 Å². The van der Waals surface area contributed by atoms with Gasteiger partial charge in [-0.3, -0.25) is 0 Å². The van der Waals surface area contributed by atoms with E-state index in [0.717, 1.165) is 26.2 Å². The van der Waals surface area contributed by atoms with E-state index in [1.165, 1.54) is 12.8 Å². The topological polar surface area (TPSA) is 35.5 Å². The maximum atomic E-state index is 9.44. The Labute approximate surface area is 114 Å². The molecule has 0 bridgehead atoms.